The van der Waals surface area contributed by atoms with Gasteiger partial charge in [0.15, 0.2) is 0 Å². The maximum absolute atomic E-state index is 5.54. The van der Waals surface area contributed by atoms with E-state index in [2.05, 4.69) is 19.1 Å². The Kier molecular flexibility index (Phi) is 9.55. The molecule has 0 saturated heterocycles. The van der Waals surface area contributed by atoms with Crippen LogP contribution in [0.4, 0.5) is 0 Å². The van der Waals surface area contributed by atoms with Gasteiger partial charge in [-0.25, -0.2) is 0 Å². The van der Waals surface area contributed by atoms with Gasteiger partial charge in [-0.2, -0.15) is 0 Å². The molecule has 0 spiro atoms. The molecule has 1 rings (SSSR count). The average Bonchev–Trinajstić information content (AvgIpc) is 2.42. The second-order valence-electron chi connectivity index (χ2n) is 4.87. The highest BCUT2D eigenvalue weighted by molar-refractivity contribution is 5.19. The molecular weight excluding hydrogens is 220 g/mol. The predicted octanol–water partition coefficient (Wildman–Crippen LogP) is 5.35. The van der Waals surface area contributed by atoms with Gasteiger partial charge in [-0.3, -0.25) is 0 Å². The molecule has 101 valence electrons. The van der Waals surface area contributed by atoms with Crippen LogP contribution in [0.1, 0.15) is 63.9 Å². The summed E-state index contributed by atoms with van der Waals surface area (Å²) in [5.41, 5.74) is 1.15. The van der Waals surface area contributed by atoms with Crippen molar-refractivity contribution < 1.29 is 4.74 Å². The van der Waals surface area contributed by atoms with Crippen molar-refractivity contribution in [3.63, 3.8) is 0 Å². The summed E-state index contributed by atoms with van der Waals surface area (Å²) in [6, 6.07) is 10.2. The molecule has 1 heteroatoms. The number of benzene rings is 1. The van der Waals surface area contributed by atoms with Crippen LogP contribution >= 0.6 is 0 Å². The lowest BCUT2D eigenvalue weighted by Crippen LogP contribution is -1.93. The van der Waals surface area contributed by atoms with Crippen molar-refractivity contribution in [1.82, 2.24) is 0 Å². The van der Waals surface area contributed by atoms with E-state index in [4.69, 9.17) is 4.74 Å². The fraction of sp³-hybridized carbons (Fsp3) is 0.588. The van der Waals surface area contributed by atoms with Gasteiger partial charge in [0.25, 0.3) is 0 Å². The number of rotatable bonds is 11. The third-order valence-electron chi connectivity index (χ3n) is 3.13. The zero-order valence-electron chi connectivity index (χ0n) is 11.7. The van der Waals surface area contributed by atoms with Gasteiger partial charge in [0.1, 0.15) is 6.61 Å². The van der Waals surface area contributed by atoms with Crippen molar-refractivity contribution >= 4 is 0 Å². The normalized spacial score (nSPS) is 10.7. The molecule has 18 heavy (non-hydrogen) atoms. The number of hydrogen-bond donors (Lipinski definition) is 0. The van der Waals surface area contributed by atoms with Crippen molar-refractivity contribution in [2.45, 2.75) is 58.3 Å². The van der Waals surface area contributed by atoms with Gasteiger partial charge >= 0.3 is 0 Å². The molecular formula is C17H27O. The maximum Gasteiger partial charge on any atom is 0.113 e. The van der Waals surface area contributed by atoms with E-state index in [1.165, 1.54) is 51.4 Å². The van der Waals surface area contributed by atoms with Gasteiger partial charge in [-0.15, -0.1) is 0 Å². The number of ether oxygens (including phenoxy) is 1. The van der Waals surface area contributed by atoms with Gasteiger partial charge in [0.2, 0.25) is 0 Å². The van der Waals surface area contributed by atoms with Crippen LogP contribution in [0.5, 0.6) is 0 Å². The Morgan fingerprint density at radius 1 is 0.833 bits per heavy atom. The fourth-order valence-electron chi connectivity index (χ4n) is 2.01. The minimum atomic E-state index is 0.851. The van der Waals surface area contributed by atoms with Crippen molar-refractivity contribution in [1.29, 1.82) is 0 Å². The van der Waals surface area contributed by atoms with E-state index in [9.17, 15) is 0 Å². The lowest BCUT2D eigenvalue weighted by molar-refractivity contribution is 0.205. The van der Waals surface area contributed by atoms with Crippen molar-refractivity contribution in [2.75, 3.05) is 6.61 Å². The van der Waals surface area contributed by atoms with E-state index in [1.54, 1.807) is 0 Å². The molecule has 1 radical (unpaired) electrons. The molecule has 0 aliphatic carbocycles. The van der Waals surface area contributed by atoms with Crippen LogP contribution in [0.25, 0.3) is 0 Å². The molecule has 0 saturated carbocycles. The van der Waals surface area contributed by atoms with Gasteiger partial charge in [0.05, 0.1) is 0 Å². The Morgan fingerprint density at radius 2 is 1.44 bits per heavy atom. The van der Waals surface area contributed by atoms with Crippen LogP contribution in [0.3, 0.4) is 0 Å². The smallest absolute Gasteiger partial charge is 0.113 e. The molecule has 0 bridgehead atoms. The molecule has 0 atom stereocenters. The Labute approximate surface area is 113 Å². The molecule has 0 fully saturated rings. The first-order valence-corrected chi connectivity index (χ1v) is 7.43. The van der Waals surface area contributed by atoms with E-state index in [-0.39, 0.29) is 0 Å². The van der Waals surface area contributed by atoms with E-state index in [0.717, 1.165) is 12.2 Å². The maximum atomic E-state index is 5.54. The van der Waals surface area contributed by atoms with E-state index in [1.807, 2.05) is 24.8 Å². The highest BCUT2D eigenvalue weighted by Gasteiger charge is 1.94. The van der Waals surface area contributed by atoms with Gasteiger partial charge < -0.3 is 4.74 Å². The molecule has 0 unspecified atom stereocenters. The molecule has 0 heterocycles. The summed E-state index contributed by atoms with van der Waals surface area (Å²) in [5, 5.41) is 0. The largest absolute Gasteiger partial charge is 0.370 e. The summed E-state index contributed by atoms with van der Waals surface area (Å²) in [6.45, 7) is 4.98. The summed E-state index contributed by atoms with van der Waals surface area (Å²) < 4.78 is 5.54. The third kappa shape index (κ3) is 8.30. The van der Waals surface area contributed by atoms with E-state index in [0.29, 0.717) is 0 Å². The van der Waals surface area contributed by atoms with Crippen molar-refractivity contribution in [2.24, 2.45) is 0 Å². The number of hydrogen-bond acceptors (Lipinski definition) is 1. The second-order valence-corrected chi connectivity index (χ2v) is 4.87. The van der Waals surface area contributed by atoms with Crippen LogP contribution in [-0.4, -0.2) is 6.61 Å². The first-order chi connectivity index (χ1) is 8.93. The second kappa shape index (κ2) is 11.3. The molecule has 0 aliphatic rings. The minimum absolute atomic E-state index is 0.851. The zero-order chi connectivity index (χ0) is 12.9. The highest BCUT2D eigenvalue weighted by Crippen LogP contribution is 2.09. The molecule has 1 aromatic rings. The lowest BCUT2D eigenvalue weighted by atomic mass is 10.1. The Morgan fingerprint density at radius 3 is 2.11 bits per heavy atom. The molecule has 0 amide bonds. The predicted molar refractivity (Wildman–Crippen MR) is 78.4 cm³/mol. The molecule has 0 N–H and O–H groups in total. The summed E-state index contributed by atoms with van der Waals surface area (Å²) in [5.74, 6) is 0. The molecule has 0 aliphatic heterocycles. The quantitative estimate of drug-likeness (QED) is 0.479. The van der Waals surface area contributed by atoms with Crippen LogP contribution < -0.4 is 0 Å². The monoisotopic (exact) mass is 247 g/mol. The molecule has 0 aromatic heterocycles. The van der Waals surface area contributed by atoms with E-state index < -0.39 is 0 Å². The first-order valence-electron chi connectivity index (χ1n) is 7.43. The summed E-state index contributed by atoms with van der Waals surface area (Å²) in [4.78, 5) is 0. The Hall–Kier alpha value is -0.820. The summed E-state index contributed by atoms with van der Waals surface area (Å²) >= 11 is 0. The topological polar surface area (TPSA) is 9.23 Å². The number of unbranched alkanes of at least 4 members (excludes halogenated alkanes) is 7. The van der Waals surface area contributed by atoms with Crippen LogP contribution in [0, 0.1) is 6.61 Å². The molecule has 1 nitrogen and oxygen atoms in total. The molecule has 1 aromatic carbocycles. The highest BCUT2D eigenvalue weighted by atomic mass is 16.5. The van der Waals surface area contributed by atoms with Gasteiger partial charge in [0, 0.05) is 6.61 Å². The zero-order valence-corrected chi connectivity index (χ0v) is 11.7. The van der Waals surface area contributed by atoms with E-state index >= 15 is 0 Å². The van der Waals surface area contributed by atoms with Gasteiger partial charge in [-0.1, -0.05) is 82.2 Å². The summed E-state index contributed by atoms with van der Waals surface area (Å²) in [6.07, 6.45) is 10.8. The first kappa shape index (κ1) is 15.2. The van der Waals surface area contributed by atoms with Gasteiger partial charge in [-0.05, 0) is 12.0 Å². The fourth-order valence-corrected chi connectivity index (χ4v) is 2.01. The standard InChI is InChI=1S/C17H27O/c1-2-3-4-5-6-7-8-12-15-18-16-17-13-10-9-11-14-17/h9-11,13-14,16H,2-8,12,15H2,1H3. The average molecular weight is 247 g/mol. The van der Waals surface area contributed by atoms with Crippen LogP contribution in [0.2, 0.25) is 0 Å². The Bertz CT molecular complexity index is 268. The van der Waals surface area contributed by atoms with Crippen LogP contribution in [0.15, 0.2) is 30.3 Å². The SMILES string of the molecule is CCCCCCCCCCO[CH]c1ccccc1. The minimum Gasteiger partial charge on any atom is -0.370 e. The summed E-state index contributed by atoms with van der Waals surface area (Å²) in [7, 11) is 0. The van der Waals surface area contributed by atoms with Crippen molar-refractivity contribution in [3.05, 3.63) is 42.5 Å². The third-order valence-corrected chi connectivity index (χ3v) is 3.13. The van der Waals surface area contributed by atoms with Crippen LogP contribution in [-0.2, 0) is 4.74 Å². The van der Waals surface area contributed by atoms with Crippen molar-refractivity contribution in [3.8, 4) is 0 Å². The lowest BCUT2D eigenvalue weighted by Gasteiger charge is -2.04. The Balaban J connectivity index is 1.82.